The number of ether oxygens (including phenoxy) is 1. The number of carbonyl (C=O) groups excluding carboxylic acids is 1. The fraction of sp³-hybridized carbons (Fsp3) is 0.278. The molecular weight excluding hydrogens is 365 g/mol. The number of benzene rings is 2. The first-order chi connectivity index (χ1) is 12.4. The van der Waals surface area contributed by atoms with Crippen molar-refractivity contribution in [3.05, 3.63) is 59.7 Å². The molecule has 4 nitrogen and oxygen atoms in total. The number of anilines is 1. The Morgan fingerprint density at radius 2 is 1.96 bits per heavy atom. The quantitative estimate of drug-likeness (QED) is 0.813. The minimum atomic E-state index is -4.37. The third kappa shape index (κ3) is 4.07. The second-order valence-electron chi connectivity index (χ2n) is 5.70. The van der Waals surface area contributed by atoms with Crippen LogP contribution in [-0.4, -0.2) is 30.3 Å². The largest absolute Gasteiger partial charge is 0.497 e. The molecule has 2 amide bonds. The van der Waals surface area contributed by atoms with Gasteiger partial charge in [0.15, 0.2) is 0 Å². The number of halogens is 3. The normalized spacial score (nSPS) is 17.2. The highest BCUT2D eigenvalue weighted by molar-refractivity contribution is 7.99. The molecule has 3 rings (SSSR count). The van der Waals surface area contributed by atoms with Crippen molar-refractivity contribution in [3.63, 3.8) is 0 Å². The third-order valence-electron chi connectivity index (χ3n) is 4.00. The number of alkyl halides is 3. The van der Waals surface area contributed by atoms with Crippen LogP contribution in [0.15, 0.2) is 48.5 Å². The Balaban J connectivity index is 1.74. The van der Waals surface area contributed by atoms with Crippen molar-refractivity contribution in [2.24, 2.45) is 0 Å². The fourth-order valence-electron chi connectivity index (χ4n) is 2.69. The second-order valence-corrected chi connectivity index (χ2v) is 6.89. The van der Waals surface area contributed by atoms with Gasteiger partial charge in [-0.05, 0) is 29.8 Å². The Morgan fingerprint density at radius 3 is 2.62 bits per heavy atom. The van der Waals surface area contributed by atoms with E-state index in [1.54, 1.807) is 36.3 Å². The van der Waals surface area contributed by atoms with Gasteiger partial charge in [-0.15, -0.1) is 11.8 Å². The average molecular weight is 382 g/mol. The van der Waals surface area contributed by atoms with Crippen LogP contribution in [0, 0.1) is 0 Å². The lowest BCUT2D eigenvalue weighted by molar-refractivity contribution is -0.137. The van der Waals surface area contributed by atoms with Gasteiger partial charge in [0.2, 0.25) is 0 Å². The van der Waals surface area contributed by atoms with Gasteiger partial charge in [-0.2, -0.15) is 13.2 Å². The number of rotatable bonds is 3. The van der Waals surface area contributed by atoms with Crippen LogP contribution < -0.4 is 10.1 Å². The molecule has 0 aromatic heterocycles. The molecule has 2 aromatic carbocycles. The van der Waals surface area contributed by atoms with E-state index >= 15 is 0 Å². The maximum Gasteiger partial charge on any atom is 0.416 e. The molecule has 0 saturated carbocycles. The standard InChI is InChI=1S/C18H17F3N2O2S/c1-25-15-4-2-3-14(11-15)22-17(24)23-9-10-26-16(23)12-5-7-13(8-6-12)18(19,20)21/h2-8,11,16H,9-10H2,1H3,(H,22,24). The molecule has 0 radical (unpaired) electrons. The monoisotopic (exact) mass is 382 g/mol. The van der Waals surface area contributed by atoms with E-state index in [0.29, 0.717) is 23.5 Å². The first kappa shape index (κ1) is 18.4. The zero-order valence-electron chi connectivity index (χ0n) is 13.9. The predicted molar refractivity (Wildman–Crippen MR) is 95.4 cm³/mol. The Kier molecular flexibility index (Phi) is 5.31. The van der Waals surface area contributed by atoms with Crippen LogP contribution in [0.1, 0.15) is 16.5 Å². The summed E-state index contributed by atoms with van der Waals surface area (Å²) in [6.45, 7) is 0.520. The van der Waals surface area contributed by atoms with Gasteiger partial charge in [-0.25, -0.2) is 4.79 Å². The molecule has 1 atom stereocenters. The number of methoxy groups -OCH3 is 1. The topological polar surface area (TPSA) is 41.6 Å². The first-order valence-corrected chi connectivity index (χ1v) is 8.94. The van der Waals surface area contributed by atoms with Crippen LogP contribution in [-0.2, 0) is 6.18 Å². The highest BCUT2D eigenvalue weighted by Gasteiger charge is 2.33. The number of urea groups is 1. The highest BCUT2D eigenvalue weighted by Crippen LogP contribution is 2.39. The zero-order chi connectivity index (χ0) is 18.7. The lowest BCUT2D eigenvalue weighted by atomic mass is 10.1. The van der Waals surface area contributed by atoms with Gasteiger partial charge >= 0.3 is 12.2 Å². The molecule has 0 bridgehead atoms. The maximum atomic E-state index is 12.7. The summed E-state index contributed by atoms with van der Waals surface area (Å²) in [6.07, 6.45) is -4.37. The molecule has 0 spiro atoms. The smallest absolute Gasteiger partial charge is 0.416 e. The number of hydrogen-bond donors (Lipinski definition) is 1. The van der Waals surface area contributed by atoms with E-state index in [2.05, 4.69) is 5.32 Å². The van der Waals surface area contributed by atoms with Gasteiger partial charge < -0.3 is 15.0 Å². The van der Waals surface area contributed by atoms with Gasteiger partial charge in [0.25, 0.3) is 0 Å². The highest BCUT2D eigenvalue weighted by atomic mass is 32.2. The van der Waals surface area contributed by atoms with Crippen LogP contribution >= 0.6 is 11.8 Å². The van der Waals surface area contributed by atoms with E-state index < -0.39 is 11.7 Å². The van der Waals surface area contributed by atoms with Crippen molar-refractivity contribution < 1.29 is 22.7 Å². The predicted octanol–water partition coefficient (Wildman–Crippen LogP) is 4.99. The minimum Gasteiger partial charge on any atom is -0.497 e. The molecule has 8 heteroatoms. The summed E-state index contributed by atoms with van der Waals surface area (Å²) in [6, 6.07) is 11.6. The van der Waals surface area contributed by atoms with E-state index in [4.69, 9.17) is 4.74 Å². The Hall–Kier alpha value is -2.35. The molecule has 1 saturated heterocycles. The van der Waals surface area contributed by atoms with Gasteiger partial charge in [-0.3, -0.25) is 0 Å². The fourth-order valence-corrected chi connectivity index (χ4v) is 3.94. The molecule has 26 heavy (non-hydrogen) atoms. The molecular formula is C18H17F3N2O2S. The molecule has 1 N–H and O–H groups in total. The summed E-state index contributed by atoms with van der Waals surface area (Å²) in [5.74, 6) is 1.34. The molecule has 1 aliphatic rings. The summed E-state index contributed by atoms with van der Waals surface area (Å²) in [7, 11) is 1.54. The Bertz CT molecular complexity index is 781. The van der Waals surface area contributed by atoms with Gasteiger partial charge in [0, 0.05) is 24.1 Å². The summed E-state index contributed by atoms with van der Waals surface area (Å²) >= 11 is 1.52. The summed E-state index contributed by atoms with van der Waals surface area (Å²) in [5, 5.41) is 2.49. The number of hydrogen-bond acceptors (Lipinski definition) is 3. The summed E-state index contributed by atoms with van der Waals surface area (Å²) in [4.78, 5) is 14.2. The average Bonchev–Trinajstić information content (AvgIpc) is 3.11. The van der Waals surface area contributed by atoms with Crippen molar-refractivity contribution in [3.8, 4) is 5.75 Å². The molecule has 2 aromatic rings. The van der Waals surface area contributed by atoms with E-state index in [1.807, 2.05) is 0 Å². The van der Waals surface area contributed by atoms with Crippen molar-refractivity contribution in [2.45, 2.75) is 11.6 Å². The van der Waals surface area contributed by atoms with Crippen LogP contribution in [0.2, 0.25) is 0 Å². The zero-order valence-corrected chi connectivity index (χ0v) is 14.7. The van der Waals surface area contributed by atoms with Gasteiger partial charge in [-0.1, -0.05) is 18.2 Å². The van der Waals surface area contributed by atoms with Gasteiger partial charge in [0.05, 0.1) is 12.7 Å². The first-order valence-electron chi connectivity index (χ1n) is 7.89. The van der Waals surface area contributed by atoms with Crippen LogP contribution in [0.4, 0.5) is 23.7 Å². The van der Waals surface area contributed by atoms with E-state index in [0.717, 1.165) is 17.9 Å². The van der Waals surface area contributed by atoms with E-state index in [1.165, 1.54) is 23.9 Å². The van der Waals surface area contributed by atoms with Gasteiger partial charge in [0.1, 0.15) is 11.1 Å². The van der Waals surface area contributed by atoms with Crippen LogP contribution in [0.3, 0.4) is 0 Å². The SMILES string of the molecule is COc1cccc(NC(=O)N2CCSC2c2ccc(C(F)(F)F)cc2)c1. The van der Waals surface area contributed by atoms with E-state index in [-0.39, 0.29) is 11.4 Å². The number of nitrogens with one attached hydrogen (secondary N) is 1. The molecule has 0 aliphatic carbocycles. The minimum absolute atomic E-state index is 0.298. The van der Waals surface area contributed by atoms with E-state index in [9.17, 15) is 18.0 Å². The summed E-state index contributed by atoms with van der Waals surface area (Å²) < 4.78 is 43.3. The Morgan fingerprint density at radius 1 is 1.23 bits per heavy atom. The number of carbonyl (C=O) groups is 1. The maximum absolute atomic E-state index is 12.7. The lowest BCUT2D eigenvalue weighted by Gasteiger charge is -2.24. The molecule has 1 heterocycles. The van der Waals surface area contributed by atoms with Crippen molar-refractivity contribution >= 4 is 23.5 Å². The second kappa shape index (κ2) is 7.49. The number of amides is 2. The molecule has 1 fully saturated rings. The summed E-state index contributed by atoms with van der Waals surface area (Å²) in [5.41, 5.74) is 0.565. The van der Waals surface area contributed by atoms with Crippen molar-refractivity contribution in [1.29, 1.82) is 0 Å². The van der Waals surface area contributed by atoms with Crippen LogP contribution in [0.5, 0.6) is 5.75 Å². The van der Waals surface area contributed by atoms with Crippen LogP contribution in [0.25, 0.3) is 0 Å². The van der Waals surface area contributed by atoms with Crippen molar-refractivity contribution in [2.75, 3.05) is 24.7 Å². The third-order valence-corrected chi connectivity index (χ3v) is 5.26. The molecule has 138 valence electrons. The Labute approximate surface area is 153 Å². The molecule has 1 aliphatic heterocycles. The lowest BCUT2D eigenvalue weighted by Crippen LogP contribution is -2.34. The molecule has 1 unspecified atom stereocenters. The van der Waals surface area contributed by atoms with Crippen molar-refractivity contribution in [1.82, 2.24) is 4.90 Å². The number of thioether (sulfide) groups is 1. The number of nitrogens with zero attached hydrogens (tertiary/aromatic N) is 1.